The van der Waals surface area contributed by atoms with E-state index in [-0.39, 0.29) is 22.3 Å². The highest BCUT2D eigenvalue weighted by Crippen LogP contribution is 2.39. The average Bonchev–Trinajstić information content (AvgIpc) is 3.40. The van der Waals surface area contributed by atoms with Crippen LogP contribution in [0.2, 0.25) is 0 Å². The Morgan fingerprint density at radius 3 is 2.45 bits per heavy atom. The second-order valence-electron chi connectivity index (χ2n) is 7.52. The van der Waals surface area contributed by atoms with Crippen molar-refractivity contribution in [2.75, 3.05) is 26.3 Å². The summed E-state index contributed by atoms with van der Waals surface area (Å²) in [5.74, 6) is -0.699. The number of amides is 1. The summed E-state index contributed by atoms with van der Waals surface area (Å²) in [6.45, 7) is 1.31. The molecule has 1 saturated carbocycles. The Labute approximate surface area is 169 Å². The molecule has 1 aliphatic carbocycles. The van der Waals surface area contributed by atoms with Crippen LogP contribution in [0.5, 0.6) is 0 Å². The molecule has 2 aromatic rings. The Kier molecular flexibility index (Phi) is 5.46. The van der Waals surface area contributed by atoms with Gasteiger partial charge in [-0.3, -0.25) is 4.79 Å². The molecule has 9 heteroatoms. The van der Waals surface area contributed by atoms with E-state index in [0.29, 0.717) is 26.3 Å². The maximum absolute atomic E-state index is 13.3. The lowest BCUT2D eigenvalue weighted by Crippen LogP contribution is -2.44. The Hall–Kier alpha value is -2.23. The van der Waals surface area contributed by atoms with Crippen molar-refractivity contribution in [1.82, 2.24) is 14.6 Å². The number of aromatic nitrogens is 1. The van der Waals surface area contributed by atoms with Crippen molar-refractivity contribution in [3.05, 3.63) is 53.6 Å². The largest absolute Gasteiger partial charge is 0.379 e. The van der Waals surface area contributed by atoms with Gasteiger partial charge in [0.1, 0.15) is 16.4 Å². The normalized spacial score (nSPS) is 19.9. The molecule has 4 rings (SSSR count). The van der Waals surface area contributed by atoms with E-state index in [1.54, 1.807) is 12.1 Å². The first kappa shape index (κ1) is 20.1. The fraction of sp³-hybridized carbons (Fsp3) is 0.450. The van der Waals surface area contributed by atoms with E-state index in [1.165, 1.54) is 28.7 Å². The van der Waals surface area contributed by atoms with E-state index in [4.69, 9.17) is 4.74 Å². The fourth-order valence-corrected chi connectivity index (χ4v) is 5.51. The first-order valence-electron chi connectivity index (χ1n) is 9.76. The summed E-state index contributed by atoms with van der Waals surface area (Å²) in [6.07, 6.45) is 4.77. The summed E-state index contributed by atoms with van der Waals surface area (Å²) in [5.41, 5.74) is 0.474. The number of ether oxygens (including phenoxy) is 1. The van der Waals surface area contributed by atoms with Crippen LogP contribution in [0.15, 0.2) is 41.4 Å². The minimum atomic E-state index is -3.67. The quantitative estimate of drug-likeness (QED) is 0.775. The van der Waals surface area contributed by atoms with Crippen molar-refractivity contribution < 1.29 is 22.3 Å². The molecule has 2 heterocycles. The number of halogens is 1. The van der Waals surface area contributed by atoms with Crippen LogP contribution < -0.4 is 5.32 Å². The van der Waals surface area contributed by atoms with Gasteiger partial charge in [0, 0.05) is 19.3 Å². The number of carbonyl (C=O) groups excluding carboxylic acids is 1. The van der Waals surface area contributed by atoms with Gasteiger partial charge in [-0.1, -0.05) is 25.0 Å². The van der Waals surface area contributed by atoms with E-state index in [2.05, 4.69) is 10.3 Å². The van der Waals surface area contributed by atoms with Crippen LogP contribution in [0.25, 0.3) is 0 Å². The summed E-state index contributed by atoms with van der Waals surface area (Å²) >= 11 is 0. The van der Waals surface area contributed by atoms with E-state index in [9.17, 15) is 17.6 Å². The molecule has 0 bridgehead atoms. The van der Waals surface area contributed by atoms with Gasteiger partial charge in [0.2, 0.25) is 10.0 Å². The molecule has 0 unspecified atom stereocenters. The van der Waals surface area contributed by atoms with Crippen molar-refractivity contribution >= 4 is 15.9 Å². The van der Waals surface area contributed by atoms with Gasteiger partial charge in [0.15, 0.2) is 0 Å². The van der Waals surface area contributed by atoms with Crippen LogP contribution in [0, 0.1) is 5.82 Å². The summed E-state index contributed by atoms with van der Waals surface area (Å²) < 4.78 is 45.4. The van der Waals surface area contributed by atoms with Gasteiger partial charge in [-0.25, -0.2) is 12.8 Å². The minimum absolute atomic E-state index is 0.0619. The van der Waals surface area contributed by atoms with Gasteiger partial charge in [-0.05, 0) is 36.6 Å². The molecule has 1 amide bonds. The average molecular weight is 421 g/mol. The summed E-state index contributed by atoms with van der Waals surface area (Å²) in [6, 6.07) is 7.55. The first-order chi connectivity index (χ1) is 13.9. The molecule has 0 radical (unpaired) electrons. The monoisotopic (exact) mass is 421 g/mol. The third kappa shape index (κ3) is 3.94. The summed E-state index contributed by atoms with van der Waals surface area (Å²) in [7, 11) is -3.67. The lowest BCUT2D eigenvalue weighted by molar-refractivity contribution is 0.0730. The van der Waals surface area contributed by atoms with Crippen LogP contribution in [0.1, 0.15) is 41.7 Å². The number of aromatic amines is 1. The highest BCUT2D eigenvalue weighted by molar-refractivity contribution is 7.89. The van der Waals surface area contributed by atoms with Gasteiger partial charge in [0.05, 0.1) is 18.8 Å². The second-order valence-corrected chi connectivity index (χ2v) is 9.45. The molecule has 29 heavy (non-hydrogen) atoms. The van der Waals surface area contributed by atoms with Crippen LogP contribution in [-0.2, 0) is 20.3 Å². The maximum atomic E-state index is 13.3. The van der Waals surface area contributed by atoms with Crippen LogP contribution in [0.3, 0.4) is 0 Å². The van der Waals surface area contributed by atoms with Gasteiger partial charge in [-0.15, -0.1) is 0 Å². The van der Waals surface area contributed by atoms with E-state index >= 15 is 0 Å². The highest BCUT2D eigenvalue weighted by Gasteiger charge is 2.38. The van der Waals surface area contributed by atoms with Crippen molar-refractivity contribution in [1.29, 1.82) is 0 Å². The van der Waals surface area contributed by atoms with Crippen molar-refractivity contribution in [2.45, 2.75) is 36.1 Å². The molecule has 2 N–H and O–H groups in total. The smallest absolute Gasteiger partial charge is 0.268 e. The number of rotatable bonds is 5. The van der Waals surface area contributed by atoms with Crippen molar-refractivity contribution in [2.24, 2.45) is 0 Å². The SMILES string of the molecule is O=C(NC1(c2ccc(F)cc2)CCCC1)c1cc(S(=O)(=O)N2CCOCC2)c[nH]1. The third-order valence-electron chi connectivity index (χ3n) is 5.72. The number of sulfonamides is 1. The third-order valence-corrected chi connectivity index (χ3v) is 7.59. The number of nitrogens with zero attached hydrogens (tertiary/aromatic N) is 1. The number of morpholine rings is 1. The predicted octanol–water partition coefficient (Wildman–Crippen LogP) is 2.37. The van der Waals surface area contributed by atoms with Gasteiger partial charge in [0.25, 0.3) is 5.91 Å². The topological polar surface area (TPSA) is 91.5 Å². The lowest BCUT2D eigenvalue weighted by atomic mass is 9.88. The molecule has 7 nitrogen and oxygen atoms in total. The van der Waals surface area contributed by atoms with Crippen molar-refractivity contribution in [3.8, 4) is 0 Å². The van der Waals surface area contributed by atoms with Crippen LogP contribution >= 0.6 is 0 Å². The van der Waals surface area contributed by atoms with E-state index in [1.807, 2.05) is 0 Å². The fourth-order valence-electron chi connectivity index (χ4n) is 4.11. The maximum Gasteiger partial charge on any atom is 0.268 e. The number of H-pyrrole nitrogens is 1. The minimum Gasteiger partial charge on any atom is -0.379 e. The second kappa shape index (κ2) is 7.89. The van der Waals surface area contributed by atoms with Crippen molar-refractivity contribution in [3.63, 3.8) is 0 Å². The number of carbonyl (C=O) groups is 1. The van der Waals surface area contributed by atoms with Gasteiger partial charge < -0.3 is 15.0 Å². The molecule has 1 aromatic carbocycles. The zero-order valence-electron chi connectivity index (χ0n) is 16.0. The zero-order chi connectivity index (χ0) is 20.5. The molecule has 156 valence electrons. The Bertz CT molecular complexity index is 975. The van der Waals surface area contributed by atoms with E-state index in [0.717, 1.165) is 31.2 Å². The van der Waals surface area contributed by atoms with Gasteiger partial charge >= 0.3 is 0 Å². The molecule has 1 saturated heterocycles. The van der Waals surface area contributed by atoms with Crippen LogP contribution in [0.4, 0.5) is 4.39 Å². The number of benzene rings is 1. The molecule has 1 aromatic heterocycles. The Balaban J connectivity index is 1.54. The predicted molar refractivity (Wildman–Crippen MR) is 104 cm³/mol. The molecule has 0 atom stereocenters. The van der Waals surface area contributed by atoms with E-state index < -0.39 is 15.6 Å². The van der Waals surface area contributed by atoms with Gasteiger partial charge in [-0.2, -0.15) is 4.31 Å². The molecular weight excluding hydrogens is 397 g/mol. The molecule has 1 aliphatic heterocycles. The zero-order valence-corrected chi connectivity index (χ0v) is 16.8. The molecule has 0 spiro atoms. The molecular formula is C20H24FN3O4S. The Morgan fingerprint density at radius 1 is 1.14 bits per heavy atom. The summed E-state index contributed by atoms with van der Waals surface area (Å²) in [5, 5.41) is 3.07. The molecule has 2 fully saturated rings. The summed E-state index contributed by atoms with van der Waals surface area (Å²) in [4.78, 5) is 15.8. The first-order valence-corrected chi connectivity index (χ1v) is 11.2. The number of hydrogen-bond acceptors (Lipinski definition) is 4. The molecule has 2 aliphatic rings. The lowest BCUT2D eigenvalue weighted by Gasteiger charge is -2.31. The highest BCUT2D eigenvalue weighted by atomic mass is 32.2. The number of nitrogens with one attached hydrogen (secondary N) is 2. The Morgan fingerprint density at radius 2 is 1.79 bits per heavy atom. The standard InChI is InChI=1S/C20H24FN3O4S/c21-16-5-3-15(4-6-16)20(7-1-2-8-20)23-19(25)18-13-17(14-22-18)29(26,27)24-9-11-28-12-10-24/h3-6,13-14,22H,1-2,7-12H2,(H,23,25). The van der Waals surface area contributed by atoms with Crippen LogP contribution in [-0.4, -0.2) is 49.9 Å². The number of hydrogen-bond donors (Lipinski definition) is 2.